The van der Waals surface area contributed by atoms with E-state index in [9.17, 15) is 19.7 Å². The van der Waals surface area contributed by atoms with Crippen molar-refractivity contribution < 1.29 is 9.72 Å². The molecule has 0 bridgehead atoms. The molecule has 0 atom stereocenters. The van der Waals surface area contributed by atoms with Crippen LogP contribution >= 0.6 is 11.6 Å². The number of nitro benzene ring substituents is 1. The van der Waals surface area contributed by atoms with Gasteiger partial charge in [-0.3, -0.25) is 24.4 Å². The van der Waals surface area contributed by atoms with Crippen molar-refractivity contribution in [2.75, 3.05) is 0 Å². The van der Waals surface area contributed by atoms with Gasteiger partial charge in [0.25, 0.3) is 11.2 Å². The van der Waals surface area contributed by atoms with E-state index in [4.69, 9.17) is 11.6 Å². The van der Waals surface area contributed by atoms with Gasteiger partial charge in [0.15, 0.2) is 5.78 Å². The van der Waals surface area contributed by atoms with Gasteiger partial charge in [0, 0.05) is 28.4 Å². The third-order valence-electron chi connectivity index (χ3n) is 5.21. The number of hydrogen-bond donors (Lipinski definition) is 0. The molecule has 32 heavy (non-hydrogen) atoms. The lowest BCUT2D eigenvalue weighted by molar-refractivity contribution is -0.384. The van der Waals surface area contributed by atoms with Crippen molar-refractivity contribution in [3.8, 4) is 5.69 Å². The third kappa shape index (κ3) is 3.98. The highest BCUT2D eigenvalue weighted by molar-refractivity contribution is 6.30. The SMILES string of the molecule is Cc1c(C(=O)c2ccc(Cl)cc2)c(=O)n(-c2ccccc2)n1Cc1ccc([N+](=O)[O-])cc1. The van der Waals surface area contributed by atoms with Gasteiger partial charge < -0.3 is 0 Å². The molecular formula is C24H18ClN3O4. The van der Waals surface area contributed by atoms with Crippen LogP contribution in [0.25, 0.3) is 5.69 Å². The molecule has 8 heteroatoms. The maximum absolute atomic E-state index is 13.4. The summed E-state index contributed by atoms with van der Waals surface area (Å²) in [6, 6.07) is 21.5. The van der Waals surface area contributed by atoms with Crippen molar-refractivity contribution in [3.05, 3.63) is 127 Å². The summed E-state index contributed by atoms with van der Waals surface area (Å²) in [6.07, 6.45) is 0. The lowest BCUT2D eigenvalue weighted by Gasteiger charge is -2.14. The molecule has 4 aromatic rings. The lowest BCUT2D eigenvalue weighted by Crippen LogP contribution is -2.24. The van der Waals surface area contributed by atoms with Crippen molar-refractivity contribution in [1.82, 2.24) is 9.36 Å². The summed E-state index contributed by atoms with van der Waals surface area (Å²) in [5.74, 6) is -0.392. The summed E-state index contributed by atoms with van der Waals surface area (Å²) in [5.41, 5.74) is 1.84. The number of benzene rings is 3. The first-order valence-corrected chi connectivity index (χ1v) is 10.2. The van der Waals surface area contributed by atoms with Gasteiger partial charge in [-0.15, -0.1) is 0 Å². The number of rotatable bonds is 6. The van der Waals surface area contributed by atoms with Crippen molar-refractivity contribution in [1.29, 1.82) is 0 Å². The molecule has 0 saturated carbocycles. The summed E-state index contributed by atoms with van der Waals surface area (Å²) >= 11 is 5.93. The predicted molar refractivity (Wildman–Crippen MR) is 122 cm³/mol. The van der Waals surface area contributed by atoms with Gasteiger partial charge in [-0.1, -0.05) is 41.9 Å². The number of hydrogen-bond acceptors (Lipinski definition) is 4. The highest BCUT2D eigenvalue weighted by Crippen LogP contribution is 2.19. The second-order valence-corrected chi connectivity index (χ2v) is 7.67. The monoisotopic (exact) mass is 447 g/mol. The molecular weight excluding hydrogens is 430 g/mol. The van der Waals surface area contributed by atoms with Crippen LogP contribution in [0, 0.1) is 17.0 Å². The molecule has 0 radical (unpaired) electrons. The second kappa shape index (κ2) is 8.64. The van der Waals surface area contributed by atoms with Gasteiger partial charge in [-0.05, 0) is 48.9 Å². The van der Waals surface area contributed by atoms with Crippen LogP contribution in [0.3, 0.4) is 0 Å². The summed E-state index contributed by atoms with van der Waals surface area (Å²) in [5, 5.41) is 11.4. The molecule has 1 aromatic heterocycles. The van der Waals surface area contributed by atoms with Gasteiger partial charge in [0.1, 0.15) is 5.56 Å². The Hall–Kier alpha value is -3.97. The quantitative estimate of drug-likeness (QED) is 0.241. The van der Waals surface area contributed by atoms with Crippen molar-refractivity contribution in [2.24, 2.45) is 0 Å². The minimum absolute atomic E-state index is 0.0166. The van der Waals surface area contributed by atoms with Gasteiger partial charge >= 0.3 is 0 Å². The fraction of sp³-hybridized carbons (Fsp3) is 0.0833. The first-order chi connectivity index (χ1) is 15.4. The molecule has 160 valence electrons. The second-order valence-electron chi connectivity index (χ2n) is 7.23. The van der Waals surface area contributed by atoms with E-state index in [1.54, 1.807) is 72.3 Å². The van der Waals surface area contributed by atoms with E-state index >= 15 is 0 Å². The minimum Gasteiger partial charge on any atom is -0.288 e. The number of aromatic nitrogens is 2. The molecule has 0 N–H and O–H groups in total. The van der Waals surface area contributed by atoms with E-state index in [-0.39, 0.29) is 17.8 Å². The van der Waals surface area contributed by atoms with E-state index in [0.717, 1.165) is 5.56 Å². The van der Waals surface area contributed by atoms with Crippen LogP contribution in [0.2, 0.25) is 5.02 Å². The highest BCUT2D eigenvalue weighted by Gasteiger charge is 2.24. The minimum atomic E-state index is -0.465. The number of ketones is 1. The zero-order valence-corrected chi connectivity index (χ0v) is 17.8. The van der Waals surface area contributed by atoms with Crippen LogP contribution in [0.1, 0.15) is 27.2 Å². The lowest BCUT2D eigenvalue weighted by atomic mass is 10.0. The Labute approximate surface area is 188 Å². The summed E-state index contributed by atoms with van der Waals surface area (Å²) in [7, 11) is 0. The van der Waals surface area contributed by atoms with Gasteiger partial charge in [0.2, 0.25) is 0 Å². The Morgan fingerprint density at radius 1 is 0.969 bits per heavy atom. The first-order valence-electron chi connectivity index (χ1n) is 9.78. The van der Waals surface area contributed by atoms with Gasteiger partial charge in [0.05, 0.1) is 17.2 Å². The van der Waals surface area contributed by atoms with Crippen molar-refractivity contribution in [3.63, 3.8) is 0 Å². The fourth-order valence-corrected chi connectivity index (χ4v) is 3.69. The molecule has 3 aromatic carbocycles. The zero-order chi connectivity index (χ0) is 22.8. The normalized spacial score (nSPS) is 10.8. The molecule has 0 aliphatic heterocycles. The van der Waals surface area contributed by atoms with Gasteiger partial charge in [-0.2, -0.15) is 0 Å². The molecule has 0 saturated heterocycles. The third-order valence-corrected chi connectivity index (χ3v) is 5.46. The van der Waals surface area contributed by atoms with Crippen LogP contribution in [0.15, 0.2) is 83.7 Å². The molecule has 0 aliphatic rings. The Morgan fingerprint density at radius 2 is 1.59 bits per heavy atom. The Balaban J connectivity index is 1.85. The molecule has 1 heterocycles. The number of para-hydroxylation sites is 1. The van der Waals surface area contributed by atoms with E-state index in [0.29, 0.717) is 22.0 Å². The Morgan fingerprint density at radius 3 is 2.19 bits per heavy atom. The number of halogens is 1. The molecule has 0 aliphatic carbocycles. The maximum atomic E-state index is 13.4. The average Bonchev–Trinajstić information content (AvgIpc) is 3.04. The summed E-state index contributed by atoms with van der Waals surface area (Å²) in [4.78, 5) is 37.1. The smallest absolute Gasteiger partial charge is 0.282 e. The first kappa shape index (κ1) is 21.3. The largest absolute Gasteiger partial charge is 0.288 e. The maximum Gasteiger partial charge on any atom is 0.282 e. The highest BCUT2D eigenvalue weighted by atomic mass is 35.5. The number of nitrogens with zero attached hydrogens (tertiary/aromatic N) is 3. The summed E-state index contributed by atoms with van der Waals surface area (Å²) in [6.45, 7) is 1.97. The zero-order valence-electron chi connectivity index (χ0n) is 17.1. The van der Waals surface area contributed by atoms with Crippen LogP contribution in [0.4, 0.5) is 5.69 Å². The van der Waals surface area contributed by atoms with Crippen molar-refractivity contribution in [2.45, 2.75) is 13.5 Å². The molecule has 7 nitrogen and oxygen atoms in total. The van der Waals surface area contributed by atoms with Crippen molar-refractivity contribution >= 4 is 23.1 Å². The number of carbonyl (C=O) groups excluding carboxylic acids is 1. The predicted octanol–water partition coefficient (Wildman–Crippen LogP) is 4.79. The number of non-ortho nitro benzene ring substituents is 1. The number of nitro groups is 1. The van der Waals surface area contributed by atoms with Crippen LogP contribution in [0.5, 0.6) is 0 Å². The van der Waals surface area contributed by atoms with Crippen LogP contribution < -0.4 is 5.56 Å². The van der Waals surface area contributed by atoms with Crippen LogP contribution in [-0.4, -0.2) is 20.1 Å². The molecule has 0 amide bonds. The molecule has 0 unspecified atom stereocenters. The topological polar surface area (TPSA) is 87.1 Å². The van der Waals surface area contributed by atoms with E-state index < -0.39 is 16.3 Å². The molecule has 4 rings (SSSR count). The Kier molecular flexibility index (Phi) is 5.75. The summed E-state index contributed by atoms with van der Waals surface area (Å²) < 4.78 is 3.17. The van der Waals surface area contributed by atoms with E-state index in [2.05, 4.69) is 0 Å². The van der Waals surface area contributed by atoms with Gasteiger partial charge in [-0.25, -0.2) is 4.68 Å². The number of carbonyl (C=O) groups is 1. The standard InChI is InChI=1S/C24H18ClN3O4/c1-16-22(23(29)18-9-11-19(25)12-10-18)24(30)27(20-5-3-2-4-6-20)26(16)15-17-7-13-21(14-8-17)28(31)32/h2-14H,15H2,1H3. The molecule has 0 fully saturated rings. The Bertz CT molecular complexity index is 1360. The van der Waals surface area contributed by atoms with E-state index in [1.807, 2.05) is 6.07 Å². The van der Waals surface area contributed by atoms with Crippen LogP contribution in [-0.2, 0) is 6.54 Å². The average molecular weight is 448 g/mol. The molecule has 0 spiro atoms. The fourth-order valence-electron chi connectivity index (χ4n) is 3.57. The van der Waals surface area contributed by atoms with E-state index in [1.165, 1.54) is 16.8 Å².